The summed E-state index contributed by atoms with van der Waals surface area (Å²) < 4.78 is 23.7. The fourth-order valence-corrected chi connectivity index (χ4v) is 8.83. The van der Waals surface area contributed by atoms with E-state index in [9.17, 15) is 19.4 Å². The van der Waals surface area contributed by atoms with Crippen LogP contribution in [-0.4, -0.2) is 73.4 Å². The van der Waals surface area contributed by atoms with Crippen LogP contribution in [0.25, 0.3) is 0 Å². The van der Waals surface area contributed by atoms with Gasteiger partial charge in [0.1, 0.15) is 13.2 Å². The number of aliphatic hydroxyl groups is 1. The molecule has 0 aromatic carbocycles. The molecule has 0 spiro atoms. The molecule has 8 nitrogen and oxygen atoms in total. The van der Waals surface area contributed by atoms with Crippen molar-refractivity contribution in [2.24, 2.45) is 0 Å². The Morgan fingerprint density at radius 2 is 0.836 bits per heavy atom. The maximum Gasteiger partial charge on any atom is 0.472 e. The average molecular weight is 1040 g/mol. The van der Waals surface area contributed by atoms with Crippen molar-refractivity contribution in [3.63, 3.8) is 0 Å². The fourth-order valence-electron chi connectivity index (χ4n) is 8.10. The van der Waals surface area contributed by atoms with E-state index in [1.54, 1.807) is 6.08 Å². The van der Waals surface area contributed by atoms with Crippen LogP contribution in [0.2, 0.25) is 0 Å². The zero-order valence-corrected chi connectivity index (χ0v) is 48.7. The molecule has 0 bridgehead atoms. The number of nitrogens with one attached hydrogen (secondary N) is 1. The normalized spacial score (nSPS) is 14.7. The SMILES string of the molecule is CC/C=C\C/C=C\C/C=C\C/C=C\C/C=C\C/C=C\C/C=C\CCCCCCCCCCCCCCCC(=O)NC(COP(=O)(O)OCC[N+](C)(C)C)C(O)/C=C/CC/C=C/CCCCCCCCCCCC. The number of carbonyl (C=O) groups excluding carboxylic acids is 1. The van der Waals surface area contributed by atoms with E-state index in [-0.39, 0.29) is 19.1 Å². The van der Waals surface area contributed by atoms with E-state index in [2.05, 4.69) is 116 Å². The third-order valence-electron chi connectivity index (χ3n) is 12.7. The van der Waals surface area contributed by atoms with Crippen LogP contribution in [0.3, 0.4) is 0 Å². The molecule has 0 aliphatic rings. The van der Waals surface area contributed by atoms with Crippen molar-refractivity contribution >= 4 is 13.7 Å². The molecule has 0 aromatic rings. The van der Waals surface area contributed by atoms with Gasteiger partial charge in [0.2, 0.25) is 5.91 Å². The van der Waals surface area contributed by atoms with Gasteiger partial charge in [0.15, 0.2) is 0 Å². The molecule has 0 saturated carbocycles. The second kappa shape index (κ2) is 54.0. The number of unbranched alkanes of at least 4 members (excludes halogenated alkanes) is 24. The molecule has 0 aromatic heterocycles. The third-order valence-corrected chi connectivity index (χ3v) is 13.7. The lowest BCUT2D eigenvalue weighted by atomic mass is 10.0. The number of hydrogen-bond donors (Lipinski definition) is 3. The number of nitrogens with zero attached hydrogens (tertiary/aromatic N) is 1. The van der Waals surface area contributed by atoms with Gasteiger partial charge in [0, 0.05) is 6.42 Å². The average Bonchev–Trinajstić information content (AvgIpc) is 3.35. The smallest absolute Gasteiger partial charge is 0.387 e. The van der Waals surface area contributed by atoms with E-state index in [4.69, 9.17) is 9.05 Å². The molecule has 3 unspecified atom stereocenters. The summed E-state index contributed by atoms with van der Waals surface area (Å²) in [5, 5.41) is 13.9. The molecule has 0 aliphatic carbocycles. The Bertz CT molecular complexity index is 1550. The van der Waals surface area contributed by atoms with E-state index in [1.807, 2.05) is 27.2 Å². The zero-order valence-electron chi connectivity index (χ0n) is 47.8. The molecule has 420 valence electrons. The van der Waals surface area contributed by atoms with Crippen LogP contribution in [0.15, 0.2) is 109 Å². The molecule has 0 fully saturated rings. The van der Waals surface area contributed by atoms with Gasteiger partial charge < -0.3 is 19.8 Å². The topological polar surface area (TPSA) is 105 Å². The predicted octanol–water partition coefficient (Wildman–Crippen LogP) is 18.4. The highest BCUT2D eigenvalue weighted by Crippen LogP contribution is 2.43. The van der Waals surface area contributed by atoms with E-state index >= 15 is 0 Å². The Kier molecular flexibility index (Phi) is 51.9. The first kappa shape index (κ1) is 70.2. The number of likely N-dealkylation sites (N-methyl/N-ethyl adjacent to an activating group) is 1. The van der Waals surface area contributed by atoms with Crippen molar-refractivity contribution in [1.29, 1.82) is 0 Å². The number of aliphatic hydroxyl groups excluding tert-OH is 1. The van der Waals surface area contributed by atoms with E-state index < -0.39 is 20.0 Å². The van der Waals surface area contributed by atoms with Crippen molar-refractivity contribution in [3.8, 4) is 0 Å². The number of carbonyl (C=O) groups is 1. The van der Waals surface area contributed by atoms with Crippen LogP contribution in [0, 0.1) is 0 Å². The van der Waals surface area contributed by atoms with Gasteiger partial charge in [0.05, 0.1) is 39.9 Å². The highest BCUT2D eigenvalue weighted by atomic mass is 31.2. The Morgan fingerprint density at radius 3 is 1.26 bits per heavy atom. The summed E-state index contributed by atoms with van der Waals surface area (Å²) in [6, 6.07) is -0.870. The lowest BCUT2D eigenvalue weighted by Crippen LogP contribution is -2.45. The van der Waals surface area contributed by atoms with Crippen LogP contribution in [-0.2, 0) is 18.4 Å². The molecular formula is C64H114N2O6P+. The van der Waals surface area contributed by atoms with Gasteiger partial charge in [-0.3, -0.25) is 13.8 Å². The van der Waals surface area contributed by atoms with Crippen LogP contribution >= 0.6 is 7.82 Å². The second-order valence-electron chi connectivity index (χ2n) is 21.0. The number of quaternary nitrogens is 1. The molecule has 0 radical (unpaired) electrons. The lowest BCUT2D eigenvalue weighted by Gasteiger charge is -2.25. The lowest BCUT2D eigenvalue weighted by molar-refractivity contribution is -0.870. The summed E-state index contributed by atoms with van der Waals surface area (Å²) in [6.45, 7) is 4.67. The Balaban J connectivity index is 4.14. The predicted molar refractivity (Wildman–Crippen MR) is 318 cm³/mol. The van der Waals surface area contributed by atoms with Gasteiger partial charge in [-0.05, 0) is 89.9 Å². The van der Waals surface area contributed by atoms with Gasteiger partial charge in [-0.1, -0.05) is 252 Å². The second-order valence-corrected chi connectivity index (χ2v) is 22.4. The molecule has 3 N–H and O–H groups in total. The maximum absolute atomic E-state index is 13.0. The molecule has 0 aliphatic heterocycles. The van der Waals surface area contributed by atoms with Crippen molar-refractivity contribution < 1.29 is 32.9 Å². The van der Waals surface area contributed by atoms with Crippen molar-refractivity contribution in [3.05, 3.63) is 109 Å². The number of amides is 1. The molecule has 3 atom stereocenters. The summed E-state index contributed by atoms with van der Waals surface area (Å²) in [4.78, 5) is 23.3. The van der Waals surface area contributed by atoms with Gasteiger partial charge in [-0.25, -0.2) is 4.57 Å². The Labute approximate surface area is 451 Å². The molecule has 9 heteroatoms. The van der Waals surface area contributed by atoms with E-state index in [0.29, 0.717) is 17.4 Å². The minimum absolute atomic E-state index is 0.0518. The van der Waals surface area contributed by atoms with Crippen molar-refractivity contribution in [1.82, 2.24) is 5.32 Å². The molecular weight excluding hydrogens is 924 g/mol. The summed E-state index contributed by atoms with van der Waals surface area (Å²) in [7, 11) is 1.54. The number of hydrogen-bond acceptors (Lipinski definition) is 5. The number of rotatable bonds is 53. The molecule has 73 heavy (non-hydrogen) atoms. The third kappa shape index (κ3) is 56.7. The van der Waals surface area contributed by atoms with Gasteiger partial charge in [-0.2, -0.15) is 0 Å². The van der Waals surface area contributed by atoms with Gasteiger partial charge in [-0.15, -0.1) is 0 Å². The van der Waals surface area contributed by atoms with E-state index in [0.717, 1.165) is 83.5 Å². The van der Waals surface area contributed by atoms with Gasteiger partial charge in [0.25, 0.3) is 0 Å². The van der Waals surface area contributed by atoms with Crippen LogP contribution in [0.1, 0.15) is 239 Å². The number of phosphoric acid groups is 1. The van der Waals surface area contributed by atoms with Crippen molar-refractivity contribution in [2.75, 3.05) is 40.9 Å². The number of allylic oxidation sites excluding steroid dienone is 17. The number of phosphoric ester groups is 1. The minimum atomic E-state index is -4.36. The van der Waals surface area contributed by atoms with E-state index in [1.165, 1.54) is 135 Å². The summed E-state index contributed by atoms with van der Waals surface area (Å²) in [5.41, 5.74) is 0. The molecule has 0 heterocycles. The molecule has 1 amide bonds. The van der Waals surface area contributed by atoms with Crippen molar-refractivity contribution in [2.45, 2.75) is 251 Å². The summed E-state index contributed by atoms with van der Waals surface area (Å²) in [6.07, 6.45) is 79.1. The largest absolute Gasteiger partial charge is 0.472 e. The summed E-state index contributed by atoms with van der Waals surface area (Å²) >= 11 is 0. The monoisotopic (exact) mass is 1040 g/mol. The quantitative estimate of drug-likeness (QED) is 0.0243. The molecule has 0 saturated heterocycles. The minimum Gasteiger partial charge on any atom is -0.387 e. The van der Waals surface area contributed by atoms with Crippen LogP contribution in [0.4, 0.5) is 0 Å². The first-order valence-electron chi connectivity index (χ1n) is 29.8. The van der Waals surface area contributed by atoms with Crippen LogP contribution in [0.5, 0.6) is 0 Å². The Morgan fingerprint density at radius 1 is 0.479 bits per heavy atom. The first-order valence-corrected chi connectivity index (χ1v) is 31.3. The highest BCUT2D eigenvalue weighted by molar-refractivity contribution is 7.47. The maximum atomic E-state index is 13.0. The standard InChI is InChI=1S/C64H113N2O6P/c1-6-8-10-12-14-16-18-20-22-24-25-26-27-28-29-30-31-32-33-34-35-36-37-38-39-40-41-42-44-46-48-50-52-54-56-58-64(68)65-62(61-72-73(69,70)71-60-59-66(3,4)5)63(67)57-55-53-51-49-47-45-43-23-21-19-17-15-13-11-9-7-2/h8,10,14,16,20,22,25-26,28-29,31-32,34-35,47,49,55,57,62-63,67H,6-7,9,11-13,15,17-19,21,23-24,27,30,33,36-46,48,50-54,56,58-61H2,1-5H3,(H-,65,68,69,70)/p+1/b10-8-,16-14-,22-20-,26-25-,29-28-,32-31-,35-34-,49-47+,57-55+. The first-order chi connectivity index (χ1) is 35.5. The fraction of sp³-hybridized carbons (Fsp3) is 0.703. The summed E-state index contributed by atoms with van der Waals surface area (Å²) in [5.74, 6) is -0.192. The molecule has 0 rings (SSSR count). The van der Waals surface area contributed by atoms with Gasteiger partial charge >= 0.3 is 7.82 Å². The van der Waals surface area contributed by atoms with Crippen LogP contribution < -0.4 is 5.32 Å². The zero-order chi connectivity index (χ0) is 53.5. The highest BCUT2D eigenvalue weighted by Gasteiger charge is 2.27. The Hall–Kier alpha value is -2.84.